The molecular formula is C10H9I2O2Si. The van der Waals surface area contributed by atoms with Crippen LogP contribution in [-0.4, -0.2) is 22.8 Å². The number of carbonyl (C=O) groups is 1. The minimum atomic E-state index is -0.240. The van der Waals surface area contributed by atoms with Crippen LogP contribution in [0.4, 0.5) is 0 Å². The minimum Gasteiger partial charge on any atom is -0.462 e. The number of ether oxygens (including phenoxy) is 1. The molecule has 5 heteroatoms. The Hall–Kier alpha value is 0.367. The molecule has 0 aliphatic heterocycles. The molecule has 3 radical (unpaired) electrons. The van der Waals surface area contributed by atoms with E-state index in [-0.39, 0.29) is 5.97 Å². The molecule has 0 unspecified atom stereocenters. The zero-order valence-corrected chi connectivity index (χ0v) is 13.2. The molecule has 1 aromatic carbocycles. The largest absolute Gasteiger partial charge is 0.462 e. The SMILES string of the molecule is O=C(OCCC[Si])c1ccc(I)cc1I. The second-order valence-corrected chi connectivity index (χ2v) is 5.77. The summed E-state index contributed by atoms with van der Waals surface area (Å²) in [5.74, 6) is -0.240. The molecule has 0 N–H and O–H groups in total. The highest BCUT2D eigenvalue weighted by atomic mass is 127. The fourth-order valence-corrected chi connectivity index (χ4v) is 2.94. The standard InChI is InChI=1S/C10H9I2O2Si/c11-7-2-3-8(9(12)6-7)10(13)14-4-1-5-15/h2-3,6H,1,4-5H2. The van der Waals surface area contributed by atoms with E-state index >= 15 is 0 Å². The van der Waals surface area contributed by atoms with Gasteiger partial charge in [-0.15, -0.1) is 0 Å². The van der Waals surface area contributed by atoms with E-state index in [2.05, 4.69) is 55.4 Å². The van der Waals surface area contributed by atoms with E-state index in [0.29, 0.717) is 12.2 Å². The molecule has 0 aliphatic carbocycles. The summed E-state index contributed by atoms with van der Waals surface area (Å²) >= 11 is 4.36. The smallest absolute Gasteiger partial charge is 0.339 e. The van der Waals surface area contributed by atoms with Crippen LogP contribution >= 0.6 is 45.2 Å². The zero-order valence-electron chi connectivity index (χ0n) is 7.93. The molecule has 0 spiro atoms. The van der Waals surface area contributed by atoms with Crippen molar-refractivity contribution in [2.45, 2.75) is 12.5 Å². The molecule has 2 nitrogen and oxygen atoms in total. The molecule has 0 amide bonds. The van der Waals surface area contributed by atoms with Gasteiger partial charge >= 0.3 is 5.97 Å². The van der Waals surface area contributed by atoms with Crippen molar-refractivity contribution in [3.63, 3.8) is 0 Å². The summed E-state index contributed by atoms with van der Waals surface area (Å²) in [6, 6.07) is 6.52. The number of halogens is 2. The molecular weight excluding hydrogens is 434 g/mol. The maximum Gasteiger partial charge on any atom is 0.339 e. The van der Waals surface area contributed by atoms with Gasteiger partial charge in [-0.2, -0.15) is 0 Å². The monoisotopic (exact) mass is 443 g/mol. The van der Waals surface area contributed by atoms with Crippen LogP contribution in [0.2, 0.25) is 6.04 Å². The van der Waals surface area contributed by atoms with Crippen LogP contribution in [0.25, 0.3) is 0 Å². The molecule has 0 bridgehead atoms. The first-order chi connectivity index (χ1) is 7.15. The van der Waals surface area contributed by atoms with Gasteiger partial charge in [0.25, 0.3) is 0 Å². The third kappa shape index (κ3) is 4.39. The second kappa shape index (κ2) is 6.84. The molecule has 0 heterocycles. The summed E-state index contributed by atoms with van der Waals surface area (Å²) in [6.07, 6.45) is 0.837. The Bertz CT molecular complexity index is 355. The van der Waals surface area contributed by atoms with Crippen LogP contribution < -0.4 is 0 Å². The van der Waals surface area contributed by atoms with Crippen LogP contribution in [0.5, 0.6) is 0 Å². The normalized spacial score (nSPS) is 10.1. The lowest BCUT2D eigenvalue weighted by Gasteiger charge is -2.05. The van der Waals surface area contributed by atoms with E-state index in [4.69, 9.17) is 4.74 Å². The van der Waals surface area contributed by atoms with Crippen LogP contribution in [0.3, 0.4) is 0 Å². The fourth-order valence-electron chi connectivity index (χ4n) is 0.970. The molecule has 1 rings (SSSR count). The van der Waals surface area contributed by atoms with Gasteiger partial charge in [-0.05, 0) is 69.8 Å². The van der Waals surface area contributed by atoms with Gasteiger partial charge in [0.15, 0.2) is 0 Å². The number of hydrogen-bond acceptors (Lipinski definition) is 2. The van der Waals surface area contributed by atoms with Gasteiger partial charge < -0.3 is 4.74 Å². The summed E-state index contributed by atoms with van der Waals surface area (Å²) in [5, 5.41) is 0. The van der Waals surface area contributed by atoms with E-state index in [1.807, 2.05) is 12.1 Å². The lowest BCUT2D eigenvalue weighted by Crippen LogP contribution is -2.08. The first-order valence-corrected chi connectivity index (χ1v) is 7.28. The molecule has 79 valence electrons. The van der Waals surface area contributed by atoms with Crippen LogP contribution in [-0.2, 0) is 4.74 Å². The van der Waals surface area contributed by atoms with Crippen molar-refractivity contribution in [3.8, 4) is 0 Å². The second-order valence-electron chi connectivity index (χ2n) is 2.86. The highest BCUT2D eigenvalue weighted by molar-refractivity contribution is 14.1. The number of carbonyl (C=O) groups excluding carboxylic acids is 1. The number of benzene rings is 1. The topological polar surface area (TPSA) is 26.3 Å². The van der Waals surface area contributed by atoms with Crippen molar-refractivity contribution < 1.29 is 9.53 Å². The molecule has 0 atom stereocenters. The summed E-state index contributed by atoms with van der Waals surface area (Å²) in [5.41, 5.74) is 0.643. The summed E-state index contributed by atoms with van der Waals surface area (Å²) in [6.45, 7) is 0.463. The van der Waals surface area contributed by atoms with Gasteiger partial charge in [0.05, 0.1) is 12.2 Å². The lowest BCUT2D eigenvalue weighted by molar-refractivity contribution is 0.0504. The Morgan fingerprint density at radius 2 is 2.13 bits per heavy atom. The Kier molecular flexibility index (Phi) is 6.13. The third-order valence-electron chi connectivity index (χ3n) is 1.71. The molecule has 15 heavy (non-hydrogen) atoms. The quantitative estimate of drug-likeness (QED) is 0.310. The first-order valence-electron chi connectivity index (χ1n) is 4.42. The van der Waals surface area contributed by atoms with Crippen LogP contribution in [0.1, 0.15) is 16.8 Å². The Morgan fingerprint density at radius 1 is 1.40 bits per heavy atom. The van der Waals surface area contributed by atoms with Crippen LogP contribution in [0, 0.1) is 7.14 Å². The van der Waals surface area contributed by atoms with Crippen molar-refractivity contribution >= 4 is 61.4 Å². The van der Waals surface area contributed by atoms with Crippen molar-refractivity contribution in [3.05, 3.63) is 30.9 Å². The summed E-state index contributed by atoms with van der Waals surface area (Å²) in [4.78, 5) is 11.6. The fraction of sp³-hybridized carbons (Fsp3) is 0.300. The minimum absolute atomic E-state index is 0.240. The average molecular weight is 443 g/mol. The molecule has 0 saturated heterocycles. The average Bonchev–Trinajstić information content (AvgIpc) is 2.17. The molecule has 0 fully saturated rings. The van der Waals surface area contributed by atoms with E-state index in [9.17, 15) is 4.79 Å². The number of hydrogen-bond donors (Lipinski definition) is 0. The third-order valence-corrected chi connectivity index (χ3v) is 3.62. The van der Waals surface area contributed by atoms with Gasteiger partial charge in [0.1, 0.15) is 0 Å². The Balaban J connectivity index is 2.65. The zero-order chi connectivity index (χ0) is 11.3. The molecule has 0 saturated carbocycles. The Morgan fingerprint density at radius 3 is 2.73 bits per heavy atom. The Labute approximate surface area is 120 Å². The van der Waals surface area contributed by atoms with Crippen molar-refractivity contribution in [2.24, 2.45) is 0 Å². The van der Waals surface area contributed by atoms with Gasteiger partial charge in [0, 0.05) is 17.4 Å². The molecule has 0 aromatic heterocycles. The molecule has 1 aromatic rings. The van der Waals surface area contributed by atoms with Gasteiger partial charge in [0.2, 0.25) is 0 Å². The predicted molar refractivity (Wildman–Crippen MR) is 77.3 cm³/mol. The van der Waals surface area contributed by atoms with E-state index in [0.717, 1.165) is 19.6 Å². The predicted octanol–water partition coefficient (Wildman–Crippen LogP) is 3.03. The maximum atomic E-state index is 11.6. The van der Waals surface area contributed by atoms with Gasteiger partial charge in [-0.25, -0.2) is 4.79 Å². The van der Waals surface area contributed by atoms with Crippen molar-refractivity contribution in [1.82, 2.24) is 0 Å². The summed E-state index contributed by atoms with van der Waals surface area (Å²) in [7, 11) is 3.33. The van der Waals surface area contributed by atoms with Gasteiger partial charge in [-0.1, -0.05) is 6.04 Å². The van der Waals surface area contributed by atoms with E-state index < -0.39 is 0 Å². The van der Waals surface area contributed by atoms with Crippen molar-refractivity contribution in [2.75, 3.05) is 6.61 Å². The number of rotatable bonds is 4. The van der Waals surface area contributed by atoms with Gasteiger partial charge in [-0.3, -0.25) is 0 Å². The van der Waals surface area contributed by atoms with E-state index in [1.54, 1.807) is 6.07 Å². The molecule has 0 aliphatic rings. The van der Waals surface area contributed by atoms with Crippen molar-refractivity contribution in [1.29, 1.82) is 0 Å². The lowest BCUT2D eigenvalue weighted by atomic mass is 10.2. The summed E-state index contributed by atoms with van der Waals surface area (Å²) < 4.78 is 7.16. The van der Waals surface area contributed by atoms with Crippen LogP contribution in [0.15, 0.2) is 18.2 Å². The first kappa shape index (κ1) is 13.4. The van der Waals surface area contributed by atoms with E-state index in [1.165, 1.54) is 0 Å². The number of esters is 1. The maximum absolute atomic E-state index is 11.6. The highest BCUT2D eigenvalue weighted by Crippen LogP contribution is 2.17. The highest BCUT2D eigenvalue weighted by Gasteiger charge is 2.10.